The number of likely N-dealkylation sites (tertiary alicyclic amines) is 1. The predicted molar refractivity (Wildman–Crippen MR) is 55.5 cm³/mol. The minimum absolute atomic E-state index is 0.192. The van der Waals surface area contributed by atoms with Crippen LogP contribution in [0.25, 0.3) is 0 Å². The van der Waals surface area contributed by atoms with Crippen LogP contribution in [0.3, 0.4) is 0 Å². The van der Waals surface area contributed by atoms with Crippen LogP contribution in [-0.2, 0) is 9.53 Å². The quantitative estimate of drug-likeness (QED) is 0.650. The van der Waals surface area contributed by atoms with Crippen molar-refractivity contribution in [2.24, 2.45) is 5.92 Å². The number of carbonyl (C=O) groups excluding carboxylic acids is 2. The van der Waals surface area contributed by atoms with E-state index in [1.807, 2.05) is 0 Å². The van der Waals surface area contributed by atoms with E-state index >= 15 is 0 Å². The van der Waals surface area contributed by atoms with Crippen molar-refractivity contribution in [3.63, 3.8) is 0 Å². The first-order valence-electron chi connectivity index (χ1n) is 5.48. The van der Waals surface area contributed by atoms with Gasteiger partial charge in [-0.2, -0.15) is 0 Å². The first kappa shape index (κ1) is 12.8. The van der Waals surface area contributed by atoms with E-state index < -0.39 is 23.6 Å². The molecule has 1 fully saturated rings. The number of nitrogens with zero attached hydrogens (tertiary/aromatic N) is 1. The van der Waals surface area contributed by atoms with Crippen LogP contribution in [0.1, 0.15) is 33.6 Å². The van der Waals surface area contributed by atoms with Gasteiger partial charge in [0.25, 0.3) is 0 Å². The van der Waals surface area contributed by atoms with Gasteiger partial charge in [-0.3, -0.25) is 0 Å². The molecule has 0 bridgehead atoms. The minimum Gasteiger partial charge on any atom is -0.550 e. The van der Waals surface area contributed by atoms with Gasteiger partial charge in [0.15, 0.2) is 0 Å². The van der Waals surface area contributed by atoms with Gasteiger partial charge in [0.1, 0.15) is 5.60 Å². The van der Waals surface area contributed by atoms with Crippen molar-refractivity contribution in [2.45, 2.75) is 39.2 Å². The normalized spacial score (nSPS) is 21.7. The number of hydrogen-bond donors (Lipinski definition) is 0. The molecule has 1 heterocycles. The fourth-order valence-electron chi connectivity index (χ4n) is 1.66. The summed E-state index contributed by atoms with van der Waals surface area (Å²) in [5.41, 5.74) is -0.550. The molecule has 0 aromatic heterocycles. The summed E-state index contributed by atoms with van der Waals surface area (Å²) < 4.78 is 5.18. The SMILES string of the molecule is CC(C)(C)OC(=O)N1CCCC(C(=O)[O-])C1. The van der Waals surface area contributed by atoms with Gasteiger partial charge in [0, 0.05) is 25.0 Å². The number of rotatable bonds is 1. The lowest BCUT2D eigenvalue weighted by Gasteiger charge is -2.34. The molecular weight excluding hydrogens is 210 g/mol. The van der Waals surface area contributed by atoms with E-state index in [4.69, 9.17) is 4.74 Å². The van der Waals surface area contributed by atoms with Crippen molar-refractivity contribution in [1.29, 1.82) is 0 Å². The van der Waals surface area contributed by atoms with Crippen molar-refractivity contribution in [2.75, 3.05) is 13.1 Å². The van der Waals surface area contributed by atoms with E-state index in [0.29, 0.717) is 19.4 Å². The largest absolute Gasteiger partial charge is 0.550 e. The first-order valence-corrected chi connectivity index (χ1v) is 5.48. The molecule has 92 valence electrons. The molecule has 1 aliphatic heterocycles. The van der Waals surface area contributed by atoms with Crippen LogP contribution >= 0.6 is 0 Å². The molecular formula is C11H18NO4-. The summed E-state index contributed by atoms with van der Waals surface area (Å²) in [6.45, 7) is 6.09. The third-order valence-electron chi connectivity index (χ3n) is 2.41. The van der Waals surface area contributed by atoms with Gasteiger partial charge in [0.2, 0.25) is 0 Å². The lowest BCUT2D eigenvalue weighted by Crippen LogP contribution is -2.47. The van der Waals surface area contributed by atoms with Crippen molar-refractivity contribution >= 4 is 12.1 Å². The molecule has 1 amide bonds. The summed E-state index contributed by atoms with van der Waals surface area (Å²) in [7, 11) is 0. The first-order chi connectivity index (χ1) is 7.29. The molecule has 1 saturated heterocycles. The molecule has 5 heteroatoms. The number of hydrogen-bond acceptors (Lipinski definition) is 4. The topological polar surface area (TPSA) is 69.7 Å². The van der Waals surface area contributed by atoms with Gasteiger partial charge in [-0.25, -0.2) is 4.79 Å². The van der Waals surface area contributed by atoms with Crippen molar-refractivity contribution in [1.82, 2.24) is 4.90 Å². The zero-order chi connectivity index (χ0) is 12.3. The van der Waals surface area contributed by atoms with Crippen molar-refractivity contribution in [3.8, 4) is 0 Å². The van der Waals surface area contributed by atoms with Crippen LogP contribution < -0.4 is 5.11 Å². The van der Waals surface area contributed by atoms with E-state index in [1.165, 1.54) is 4.90 Å². The Hall–Kier alpha value is -1.26. The molecule has 0 spiro atoms. The summed E-state index contributed by atoms with van der Waals surface area (Å²) in [6, 6.07) is 0. The van der Waals surface area contributed by atoms with Gasteiger partial charge in [0.05, 0.1) is 0 Å². The number of ether oxygens (including phenoxy) is 1. The standard InChI is InChI=1S/C11H19NO4/c1-11(2,3)16-10(15)12-6-4-5-8(7-12)9(13)14/h8H,4-7H2,1-3H3,(H,13,14)/p-1. The second-order valence-corrected chi connectivity index (χ2v) is 5.08. The Morgan fingerprint density at radius 1 is 1.38 bits per heavy atom. The predicted octanol–water partition coefficient (Wildman–Crippen LogP) is 0.383. The lowest BCUT2D eigenvalue weighted by molar-refractivity contribution is -0.312. The van der Waals surface area contributed by atoms with Gasteiger partial charge in [-0.05, 0) is 33.6 Å². The lowest BCUT2D eigenvalue weighted by atomic mass is 9.99. The highest BCUT2D eigenvalue weighted by atomic mass is 16.6. The molecule has 1 unspecified atom stereocenters. The maximum Gasteiger partial charge on any atom is 0.410 e. The third kappa shape index (κ3) is 3.72. The molecule has 0 saturated carbocycles. The molecule has 0 aliphatic carbocycles. The van der Waals surface area contributed by atoms with E-state index in [0.717, 1.165) is 0 Å². The Labute approximate surface area is 95.4 Å². The van der Waals surface area contributed by atoms with Gasteiger partial charge in [-0.1, -0.05) is 0 Å². The van der Waals surface area contributed by atoms with Crippen LogP contribution in [0, 0.1) is 5.92 Å². The average molecular weight is 228 g/mol. The second-order valence-electron chi connectivity index (χ2n) is 5.08. The number of carbonyl (C=O) groups is 2. The zero-order valence-electron chi connectivity index (χ0n) is 9.99. The minimum atomic E-state index is -1.09. The Morgan fingerprint density at radius 2 is 2.00 bits per heavy atom. The van der Waals surface area contributed by atoms with Crippen molar-refractivity contribution < 1.29 is 19.4 Å². The summed E-state index contributed by atoms with van der Waals surface area (Å²) >= 11 is 0. The van der Waals surface area contributed by atoms with Crippen LogP contribution in [0.4, 0.5) is 4.79 Å². The zero-order valence-corrected chi connectivity index (χ0v) is 9.99. The number of aliphatic carboxylic acids is 1. The fourth-order valence-corrected chi connectivity index (χ4v) is 1.66. The molecule has 5 nitrogen and oxygen atoms in total. The second kappa shape index (κ2) is 4.72. The molecule has 0 aromatic rings. The maximum absolute atomic E-state index is 11.7. The molecule has 0 N–H and O–H groups in total. The number of carboxylic acid groups (broad SMARTS) is 1. The number of carboxylic acids is 1. The van der Waals surface area contributed by atoms with Gasteiger partial charge in [-0.15, -0.1) is 0 Å². The summed E-state index contributed by atoms with van der Waals surface area (Å²) in [4.78, 5) is 23.8. The van der Waals surface area contributed by atoms with Crippen LogP contribution in [0.5, 0.6) is 0 Å². The molecule has 1 rings (SSSR count). The van der Waals surface area contributed by atoms with E-state index in [9.17, 15) is 14.7 Å². The Morgan fingerprint density at radius 3 is 2.50 bits per heavy atom. The maximum atomic E-state index is 11.7. The highest BCUT2D eigenvalue weighted by Gasteiger charge is 2.27. The molecule has 16 heavy (non-hydrogen) atoms. The summed E-state index contributed by atoms with van der Waals surface area (Å²) in [5, 5.41) is 10.7. The smallest absolute Gasteiger partial charge is 0.410 e. The molecule has 0 radical (unpaired) electrons. The van der Waals surface area contributed by atoms with Crippen LogP contribution in [0.2, 0.25) is 0 Å². The molecule has 1 aliphatic rings. The van der Waals surface area contributed by atoms with Crippen molar-refractivity contribution in [3.05, 3.63) is 0 Å². The monoisotopic (exact) mass is 228 g/mol. The summed E-state index contributed by atoms with van der Waals surface area (Å²) in [6.07, 6.45) is 0.804. The van der Waals surface area contributed by atoms with E-state index in [-0.39, 0.29) is 6.54 Å². The number of amides is 1. The Balaban J connectivity index is 2.54. The van der Waals surface area contributed by atoms with Gasteiger partial charge >= 0.3 is 6.09 Å². The molecule has 0 aromatic carbocycles. The van der Waals surface area contributed by atoms with E-state index in [1.54, 1.807) is 20.8 Å². The average Bonchev–Trinajstić information content (AvgIpc) is 2.15. The highest BCUT2D eigenvalue weighted by Crippen LogP contribution is 2.18. The summed E-state index contributed by atoms with van der Waals surface area (Å²) in [5.74, 6) is -1.66. The van der Waals surface area contributed by atoms with Crippen LogP contribution in [-0.4, -0.2) is 35.7 Å². The number of piperidine rings is 1. The van der Waals surface area contributed by atoms with Gasteiger partial charge < -0.3 is 19.5 Å². The highest BCUT2D eigenvalue weighted by molar-refractivity contribution is 5.72. The third-order valence-corrected chi connectivity index (χ3v) is 2.41. The Bertz CT molecular complexity index is 282. The van der Waals surface area contributed by atoms with E-state index in [2.05, 4.69) is 0 Å². The van der Waals surface area contributed by atoms with Crippen LogP contribution in [0.15, 0.2) is 0 Å². The Kier molecular flexibility index (Phi) is 3.78. The fraction of sp³-hybridized carbons (Fsp3) is 0.818. The molecule has 1 atom stereocenters.